The van der Waals surface area contributed by atoms with E-state index in [9.17, 15) is 9.59 Å². The van der Waals surface area contributed by atoms with Gasteiger partial charge in [0.15, 0.2) is 0 Å². The standard InChI is InChI=1S/C9H16N2O2/c1-4-6-8(10)9(13)11(5-2)7(3)12/h5,8H,2,4,6,10H2,1,3H3/t8-/m0/s1. The topological polar surface area (TPSA) is 63.4 Å². The predicted octanol–water partition coefficient (Wildman–Crippen LogP) is 0.632. The van der Waals surface area contributed by atoms with Crippen molar-refractivity contribution in [3.8, 4) is 0 Å². The van der Waals surface area contributed by atoms with E-state index in [0.717, 1.165) is 11.3 Å². The lowest BCUT2D eigenvalue weighted by molar-refractivity contribution is -0.141. The summed E-state index contributed by atoms with van der Waals surface area (Å²) in [6.07, 6.45) is 2.59. The SMILES string of the molecule is C=CN(C(C)=O)C(=O)[C@@H](N)CCC. The van der Waals surface area contributed by atoms with E-state index in [1.807, 2.05) is 6.92 Å². The molecule has 0 aliphatic carbocycles. The van der Waals surface area contributed by atoms with Gasteiger partial charge in [-0.15, -0.1) is 0 Å². The Morgan fingerprint density at radius 3 is 2.46 bits per heavy atom. The summed E-state index contributed by atoms with van der Waals surface area (Å²) in [6, 6.07) is -0.605. The van der Waals surface area contributed by atoms with Crippen molar-refractivity contribution in [2.75, 3.05) is 0 Å². The van der Waals surface area contributed by atoms with Gasteiger partial charge in [0.2, 0.25) is 11.8 Å². The molecule has 74 valence electrons. The second-order valence-electron chi connectivity index (χ2n) is 2.81. The number of rotatable bonds is 4. The lowest BCUT2D eigenvalue weighted by Crippen LogP contribution is -2.42. The maximum Gasteiger partial charge on any atom is 0.250 e. The summed E-state index contributed by atoms with van der Waals surface area (Å²) in [6.45, 7) is 6.61. The molecule has 0 aliphatic heterocycles. The number of amides is 2. The van der Waals surface area contributed by atoms with E-state index in [2.05, 4.69) is 6.58 Å². The molecule has 0 rings (SSSR count). The highest BCUT2D eigenvalue weighted by molar-refractivity contribution is 5.97. The van der Waals surface area contributed by atoms with Gasteiger partial charge in [-0.05, 0) is 6.42 Å². The second-order valence-corrected chi connectivity index (χ2v) is 2.81. The fourth-order valence-electron chi connectivity index (χ4n) is 0.987. The largest absolute Gasteiger partial charge is 0.320 e. The van der Waals surface area contributed by atoms with Gasteiger partial charge in [-0.3, -0.25) is 14.5 Å². The Labute approximate surface area is 78.4 Å². The monoisotopic (exact) mass is 184 g/mol. The molecular formula is C9H16N2O2. The molecule has 1 atom stereocenters. The van der Waals surface area contributed by atoms with Gasteiger partial charge in [-0.1, -0.05) is 19.9 Å². The summed E-state index contributed by atoms with van der Waals surface area (Å²) in [5.74, 6) is -0.740. The lowest BCUT2D eigenvalue weighted by Gasteiger charge is -2.17. The fourth-order valence-corrected chi connectivity index (χ4v) is 0.987. The normalized spacial score (nSPS) is 11.9. The Balaban J connectivity index is 4.36. The summed E-state index contributed by atoms with van der Waals surface area (Å²) in [5, 5.41) is 0. The van der Waals surface area contributed by atoms with Gasteiger partial charge in [0, 0.05) is 13.1 Å². The van der Waals surface area contributed by atoms with Crippen LogP contribution in [0.25, 0.3) is 0 Å². The zero-order valence-electron chi connectivity index (χ0n) is 8.12. The Morgan fingerprint density at radius 2 is 2.15 bits per heavy atom. The van der Waals surface area contributed by atoms with Crippen molar-refractivity contribution < 1.29 is 9.59 Å². The minimum absolute atomic E-state index is 0.355. The van der Waals surface area contributed by atoms with Crippen LogP contribution in [0.2, 0.25) is 0 Å². The minimum atomic E-state index is -0.605. The molecule has 0 saturated heterocycles. The van der Waals surface area contributed by atoms with E-state index in [1.54, 1.807) is 0 Å². The van der Waals surface area contributed by atoms with Crippen molar-refractivity contribution in [2.24, 2.45) is 5.73 Å². The fraction of sp³-hybridized carbons (Fsp3) is 0.556. The van der Waals surface area contributed by atoms with Crippen LogP contribution < -0.4 is 5.73 Å². The number of nitrogens with two attached hydrogens (primary N) is 1. The Kier molecular flexibility index (Phi) is 4.99. The highest BCUT2D eigenvalue weighted by Crippen LogP contribution is 2.00. The van der Waals surface area contributed by atoms with Crippen molar-refractivity contribution in [2.45, 2.75) is 32.7 Å². The molecule has 0 aromatic heterocycles. The van der Waals surface area contributed by atoms with Crippen LogP contribution in [0.15, 0.2) is 12.8 Å². The van der Waals surface area contributed by atoms with E-state index >= 15 is 0 Å². The van der Waals surface area contributed by atoms with E-state index in [-0.39, 0.29) is 11.8 Å². The number of carbonyl (C=O) groups is 2. The van der Waals surface area contributed by atoms with Gasteiger partial charge in [-0.2, -0.15) is 0 Å². The summed E-state index contributed by atoms with van der Waals surface area (Å²) >= 11 is 0. The molecule has 2 N–H and O–H groups in total. The summed E-state index contributed by atoms with van der Waals surface area (Å²) in [7, 11) is 0. The van der Waals surface area contributed by atoms with Gasteiger partial charge in [-0.25, -0.2) is 0 Å². The highest BCUT2D eigenvalue weighted by Gasteiger charge is 2.20. The Hall–Kier alpha value is -1.16. The first-order valence-electron chi connectivity index (χ1n) is 4.26. The summed E-state index contributed by atoms with van der Waals surface area (Å²) < 4.78 is 0. The minimum Gasteiger partial charge on any atom is -0.320 e. The number of hydrogen-bond acceptors (Lipinski definition) is 3. The first kappa shape index (κ1) is 11.8. The number of nitrogens with zero attached hydrogens (tertiary/aromatic N) is 1. The first-order valence-corrected chi connectivity index (χ1v) is 4.26. The molecule has 0 bridgehead atoms. The van der Waals surface area contributed by atoms with Crippen LogP contribution in [0.4, 0.5) is 0 Å². The average Bonchev–Trinajstić information content (AvgIpc) is 2.05. The number of hydrogen-bond donors (Lipinski definition) is 1. The lowest BCUT2D eigenvalue weighted by atomic mass is 10.1. The van der Waals surface area contributed by atoms with Gasteiger partial charge in [0.05, 0.1) is 6.04 Å². The van der Waals surface area contributed by atoms with Crippen molar-refractivity contribution in [1.82, 2.24) is 4.90 Å². The van der Waals surface area contributed by atoms with E-state index in [4.69, 9.17) is 5.73 Å². The van der Waals surface area contributed by atoms with Crippen molar-refractivity contribution in [3.05, 3.63) is 12.8 Å². The molecule has 0 radical (unpaired) electrons. The zero-order chi connectivity index (χ0) is 10.4. The summed E-state index contributed by atoms with van der Waals surface area (Å²) in [4.78, 5) is 23.3. The molecule has 0 heterocycles. The maximum absolute atomic E-state index is 11.4. The van der Waals surface area contributed by atoms with Crippen molar-refractivity contribution in [3.63, 3.8) is 0 Å². The molecular weight excluding hydrogens is 168 g/mol. The van der Waals surface area contributed by atoms with Crippen LogP contribution in [0, 0.1) is 0 Å². The Morgan fingerprint density at radius 1 is 1.62 bits per heavy atom. The predicted molar refractivity (Wildman–Crippen MR) is 50.6 cm³/mol. The Bertz CT molecular complexity index is 214. The maximum atomic E-state index is 11.4. The summed E-state index contributed by atoms with van der Waals surface area (Å²) in [5.41, 5.74) is 5.55. The van der Waals surface area contributed by atoms with Crippen LogP contribution in [0.1, 0.15) is 26.7 Å². The third-order valence-electron chi connectivity index (χ3n) is 1.68. The molecule has 2 amide bonds. The smallest absolute Gasteiger partial charge is 0.250 e. The van der Waals surface area contributed by atoms with E-state index in [1.165, 1.54) is 13.1 Å². The van der Waals surface area contributed by atoms with Crippen LogP contribution in [0.5, 0.6) is 0 Å². The van der Waals surface area contributed by atoms with Gasteiger partial charge >= 0.3 is 0 Å². The molecule has 0 aliphatic rings. The molecule has 0 aromatic carbocycles. The molecule has 0 fully saturated rings. The molecule has 0 unspecified atom stereocenters. The van der Waals surface area contributed by atoms with Gasteiger partial charge in [0.25, 0.3) is 0 Å². The van der Waals surface area contributed by atoms with Gasteiger partial charge in [0.1, 0.15) is 0 Å². The van der Waals surface area contributed by atoms with Gasteiger partial charge < -0.3 is 5.73 Å². The molecule has 4 heteroatoms. The molecule has 0 saturated carbocycles. The van der Waals surface area contributed by atoms with Crippen LogP contribution in [-0.4, -0.2) is 22.8 Å². The van der Waals surface area contributed by atoms with Crippen LogP contribution in [-0.2, 0) is 9.59 Å². The molecule has 13 heavy (non-hydrogen) atoms. The van der Waals surface area contributed by atoms with Crippen LogP contribution >= 0.6 is 0 Å². The highest BCUT2D eigenvalue weighted by atomic mass is 16.2. The van der Waals surface area contributed by atoms with Crippen molar-refractivity contribution >= 4 is 11.8 Å². The molecule has 0 spiro atoms. The first-order chi connectivity index (χ1) is 6.04. The number of carbonyl (C=O) groups excluding carboxylic acids is 2. The third-order valence-corrected chi connectivity index (χ3v) is 1.68. The number of imide groups is 1. The third kappa shape index (κ3) is 3.38. The second kappa shape index (κ2) is 5.48. The average molecular weight is 184 g/mol. The quantitative estimate of drug-likeness (QED) is 0.697. The molecule has 0 aromatic rings. The zero-order valence-corrected chi connectivity index (χ0v) is 8.12. The molecule has 4 nitrogen and oxygen atoms in total. The van der Waals surface area contributed by atoms with E-state index in [0.29, 0.717) is 6.42 Å². The van der Waals surface area contributed by atoms with Crippen molar-refractivity contribution in [1.29, 1.82) is 0 Å². The van der Waals surface area contributed by atoms with E-state index < -0.39 is 6.04 Å². The van der Waals surface area contributed by atoms with Crippen LogP contribution in [0.3, 0.4) is 0 Å².